The second-order valence-electron chi connectivity index (χ2n) is 7.37. The molecule has 0 saturated heterocycles. The van der Waals surface area contributed by atoms with Crippen LogP contribution in [0.15, 0.2) is 59.5 Å². The highest BCUT2D eigenvalue weighted by atomic mass is 16.6. The van der Waals surface area contributed by atoms with Crippen LogP contribution in [0, 0.1) is 0 Å². The minimum Gasteiger partial charge on any atom is -0.449 e. The summed E-state index contributed by atoms with van der Waals surface area (Å²) >= 11 is 0. The number of ether oxygens (including phenoxy) is 1. The molecule has 2 aliphatic heterocycles. The third kappa shape index (κ3) is 4.65. The Morgan fingerprint density at radius 2 is 2.24 bits per heavy atom. The highest BCUT2D eigenvalue weighted by Gasteiger charge is 2.22. The van der Waals surface area contributed by atoms with E-state index in [2.05, 4.69) is 33.1 Å². The Morgan fingerprint density at radius 1 is 1.31 bits per heavy atom. The number of pyridine rings is 1. The van der Waals surface area contributed by atoms with Gasteiger partial charge in [0, 0.05) is 50.0 Å². The number of aliphatic imine (C=N–C) groups is 1. The largest absolute Gasteiger partial charge is 0.449 e. The number of carbonyl (C=O) groups excluding carboxylic acids is 1. The predicted molar refractivity (Wildman–Crippen MR) is 116 cm³/mol. The molecule has 0 spiro atoms. The standard InChI is InChI=1S/C23H26N4O2/c1-26(23(28)29-14-4-6-18-5-2-11-24-16-18)21-9-8-19-10-13-27(22(19)15-21)17-20-7-3-12-25-20/h2,5,7-9,11-12,15-16H,3-4,6,10,13-14,17H2,1H3. The van der Waals surface area contributed by atoms with E-state index in [-0.39, 0.29) is 6.09 Å². The summed E-state index contributed by atoms with van der Waals surface area (Å²) in [5.41, 5.74) is 5.61. The van der Waals surface area contributed by atoms with Crippen LogP contribution in [0.5, 0.6) is 0 Å². The molecule has 0 saturated carbocycles. The molecule has 0 fully saturated rings. The Kier molecular flexibility index (Phi) is 5.89. The molecule has 2 aliphatic rings. The van der Waals surface area contributed by atoms with Gasteiger partial charge in [0.15, 0.2) is 0 Å². The van der Waals surface area contributed by atoms with Crippen LogP contribution < -0.4 is 9.80 Å². The van der Waals surface area contributed by atoms with Crippen LogP contribution in [0.25, 0.3) is 0 Å². The molecule has 2 aromatic rings. The van der Waals surface area contributed by atoms with Gasteiger partial charge in [-0.25, -0.2) is 4.79 Å². The first-order valence-corrected chi connectivity index (χ1v) is 10.1. The first-order valence-electron chi connectivity index (χ1n) is 10.1. The predicted octanol–water partition coefficient (Wildman–Crippen LogP) is 4.01. The fourth-order valence-corrected chi connectivity index (χ4v) is 3.70. The molecule has 1 aromatic heterocycles. The van der Waals surface area contributed by atoms with Crippen LogP contribution in [0.4, 0.5) is 16.2 Å². The lowest BCUT2D eigenvalue weighted by Gasteiger charge is -2.22. The molecule has 0 unspecified atom stereocenters. The Labute approximate surface area is 171 Å². The van der Waals surface area contributed by atoms with E-state index in [0.29, 0.717) is 6.61 Å². The number of hydrogen-bond donors (Lipinski definition) is 0. The summed E-state index contributed by atoms with van der Waals surface area (Å²) in [6.07, 6.45) is 10.9. The van der Waals surface area contributed by atoms with Gasteiger partial charge >= 0.3 is 6.09 Å². The number of rotatable bonds is 7. The number of aryl methyl sites for hydroxylation is 1. The molecule has 1 amide bonds. The number of hydrogen-bond acceptors (Lipinski definition) is 5. The molecule has 29 heavy (non-hydrogen) atoms. The average Bonchev–Trinajstić information content (AvgIpc) is 3.41. The maximum absolute atomic E-state index is 12.5. The maximum atomic E-state index is 12.5. The van der Waals surface area contributed by atoms with Gasteiger partial charge in [-0.05, 0) is 48.6 Å². The number of amides is 1. The van der Waals surface area contributed by atoms with Crippen molar-refractivity contribution in [2.24, 2.45) is 4.99 Å². The molecule has 0 aliphatic carbocycles. The SMILES string of the molecule is CN(C(=O)OCCCc1cccnc1)c1ccc2c(c1)N(CC1=CCC=N1)CC2. The fraction of sp³-hybridized carbons (Fsp3) is 0.348. The molecule has 1 aromatic carbocycles. The van der Waals surface area contributed by atoms with E-state index in [1.54, 1.807) is 18.1 Å². The molecule has 4 rings (SSSR count). The Bertz CT molecular complexity index is 924. The van der Waals surface area contributed by atoms with Crippen molar-refractivity contribution in [2.45, 2.75) is 25.7 Å². The second-order valence-corrected chi connectivity index (χ2v) is 7.37. The number of carbonyl (C=O) groups is 1. The molecular weight excluding hydrogens is 364 g/mol. The van der Waals surface area contributed by atoms with Crippen LogP contribution >= 0.6 is 0 Å². The van der Waals surface area contributed by atoms with Crippen molar-refractivity contribution >= 4 is 23.7 Å². The number of fused-ring (bicyclic) bond motifs is 1. The average molecular weight is 390 g/mol. The van der Waals surface area contributed by atoms with E-state index in [4.69, 9.17) is 4.74 Å². The third-order valence-corrected chi connectivity index (χ3v) is 5.35. The van der Waals surface area contributed by atoms with Crippen LogP contribution in [0.1, 0.15) is 24.0 Å². The molecule has 0 atom stereocenters. The van der Waals surface area contributed by atoms with Gasteiger partial charge in [-0.2, -0.15) is 0 Å². The molecule has 6 nitrogen and oxygen atoms in total. The maximum Gasteiger partial charge on any atom is 0.414 e. The number of nitrogens with zero attached hydrogens (tertiary/aromatic N) is 4. The molecule has 0 radical (unpaired) electrons. The van der Waals surface area contributed by atoms with Gasteiger partial charge in [-0.15, -0.1) is 0 Å². The normalized spacial score (nSPS) is 14.7. The van der Waals surface area contributed by atoms with E-state index in [9.17, 15) is 4.79 Å². The summed E-state index contributed by atoms with van der Waals surface area (Å²) in [5.74, 6) is 0. The minimum atomic E-state index is -0.330. The summed E-state index contributed by atoms with van der Waals surface area (Å²) in [6.45, 7) is 2.19. The lowest BCUT2D eigenvalue weighted by atomic mass is 10.1. The van der Waals surface area contributed by atoms with Crippen LogP contribution in [-0.2, 0) is 17.6 Å². The Hall–Kier alpha value is -3.15. The zero-order chi connectivity index (χ0) is 20.1. The van der Waals surface area contributed by atoms with E-state index in [0.717, 1.165) is 55.7 Å². The molecule has 0 bridgehead atoms. The molecule has 3 heterocycles. The van der Waals surface area contributed by atoms with E-state index >= 15 is 0 Å². The lowest BCUT2D eigenvalue weighted by molar-refractivity contribution is 0.153. The second kappa shape index (κ2) is 8.90. The van der Waals surface area contributed by atoms with Crippen LogP contribution in [0.3, 0.4) is 0 Å². The van der Waals surface area contributed by atoms with Gasteiger partial charge in [0.25, 0.3) is 0 Å². The van der Waals surface area contributed by atoms with E-state index in [1.165, 1.54) is 11.3 Å². The smallest absolute Gasteiger partial charge is 0.414 e. The van der Waals surface area contributed by atoms with Crippen molar-refractivity contribution in [3.05, 3.63) is 65.6 Å². The minimum absolute atomic E-state index is 0.330. The quantitative estimate of drug-likeness (QED) is 0.671. The number of anilines is 2. The van der Waals surface area contributed by atoms with Gasteiger partial charge in [0.1, 0.15) is 0 Å². The summed E-state index contributed by atoms with van der Waals surface area (Å²) in [7, 11) is 1.76. The first kappa shape index (κ1) is 19.2. The fourth-order valence-electron chi connectivity index (χ4n) is 3.70. The van der Waals surface area contributed by atoms with Crippen molar-refractivity contribution in [1.82, 2.24) is 4.98 Å². The van der Waals surface area contributed by atoms with Gasteiger partial charge < -0.3 is 9.64 Å². The van der Waals surface area contributed by atoms with E-state index < -0.39 is 0 Å². The van der Waals surface area contributed by atoms with Crippen LogP contribution in [-0.4, -0.2) is 44.0 Å². The summed E-state index contributed by atoms with van der Waals surface area (Å²) in [4.78, 5) is 24.9. The number of aromatic nitrogens is 1. The zero-order valence-electron chi connectivity index (χ0n) is 16.8. The van der Waals surface area contributed by atoms with Crippen molar-refractivity contribution in [1.29, 1.82) is 0 Å². The van der Waals surface area contributed by atoms with Crippen molar-refractivity contribution in [3.63, 3.8) is 0 Å². The highest BCUT2D eigenvalue weighted by molar-refractivity contribution is 5.88. The monoisotopic (exact) mass is 390 g/mol. The van der Waals surface area contributed by atoms with Crippen molar-refractivity contribution < 1.29 is 9.53 Å². The number of allylic oxidation sites excluding steroid dienone is 1. The van der Waals surface area contributed by atoms with Crippen LogP contribution in [0.2, 0.25) is 0 Å². The lowest BCUT2D eigenvalue weighted by Crippen LogP contribution is -2.28. The van der Waals surface area contributed by atoms with E-state index in [1.807, 2.05) is 30.6 Å². The Morgan fingerprint density at radius 3 is 3.03 bits per heavy atom. The molecule has 150 valence electrons. The Balaban J connectivity index is 1.33. The van der Waals surface area contributed by atoms with Gasteiger partial charge in [0.2, 0.25) is 0 Å². The van der Waals surface area contributed by atoms with Gasteiger partial charge in [0.05, 0.1) is 18.8 Å². The van der Waals surface area contributed by atoms with Crippen molar-refractivity contribution in [2.75, 3.05) is 36.5 Å². The zero-order valence-corrected chi connectivity index (χ0v) is 16.8. The van der Waals surface area contributed by atoms with Crippen molar-refractivity contribution in [3.8, 4) is 0 Å². The third-order valence-electron chi connectivity index (χ3n) is 5.35. The van der Waals surface area contributed by atoms with Gasteiger partial charge in [-0.3, -0.25) is 14.9 Å². The number of benzene rings is 1. The molecular formula is C23H26N4O2. The summed E-state index contributed by atoms with van der Waals surface area (Å²) < 4.78 is 5.46. The highest BCUT2D eigenvalue weighted by Crippen LogP contribution is 2.33. The summed E-state index contributed by atoms with van der Waals surface area (Å²) in [6, 6.07) is 10.1. The first-order chi connectivity index (χ1) is 14.2. The molecule has 6 heteroatoms. The topological polar surface area (TPSA) is 58.0 Å². The molecule has 0 N–H and O–H groups in total. The van der Waals surface area contributed by atoms with Gasteiger partial charge in [-0.1, -0.05) is 18.2 Å². The summed E-state index contributed by atoms with van der Waals surface area (Å²) in [5, 5.41) is 0.